The van der Waals surface area contributed by atoms with Crippen LogP contribution in [0.15, 0.2) is 6.07 Å². The lowest BCUT2D eigenvalue weighted by Crippen LogP contribution is -2.32. The maximum Gasteiger partial charge on any atom is 0.138 e. The number of aromatic nitrogens is 2. The van der Waals surface area contributed by atoms with E-state index in [1.807, 2.05) is 0 Å². The van der Waals surface area contributed by atoms with Gasteiger partial charge in [0.05, 0.1) is 0 Å². The van der Waals surface area contributed by atoms with Gasteiger partial charge in [0, 0.05) is 31.1 Å². The Morgan fingerprint density at radius 2 is 1.81 bits per heavy atom. The van der Waals surface area contributed by atoms with Crippen molar-refractivity contribution < 1.29 is 0 Å². The fourth-order valence-electron chi connectivity index (χ4n) is 2.29. The first-order valence-corrected chi connectivity index (χ1v) is 8.01. The molecule has 4 heteroatoms. The molecule has 1 aromatic heterocycles. The van der Waals surface area contributed by atoms with Crippen LogP contribution >= 0.6 is 0 Å². The predicted octanol–water partition coefficient (Wildman–Crippen LogP) is 4.08. The highest BCUT2D eigenvalue weighted by Gasteiger charge is 2.21. The molecule has 0 saturated carbocycles. The quantitative estimate of drug-likeness (QED) is 0.858. The van der Waals surface area contributed by atoms with Crippen LogP contribution in [0.3, 0.4) is 0 Å². The Kier molecular flexibility index (Phi) is 5.99. The summed E-state index contributed by atoms with van der Waals surface area (Å²) in [6.45, 7) is 16.2. The molecule has 0 radical (unpaired) electrons. The van der Waals surface area contributed by atoms with Crippen molar-refractivity contribution in [3.8, 4) is 0 Å². The van der Waals surface area contributed by atoms with E-state index >= 15 is 0 Å². The molecule has 0 aromatic carbocycles. The predicted molar refractivity (Wildman–Crippen MR) is 92.2 cm³/mol. The van der Waals surface area contributed by atoms with Gasteiger partial charge in [-0.2, -0.15) is 0 Å². The Labute approximate surface area is 130 Å². The molecule has 0 amide bonds. The first kappa shape index (κ1) is 17.7. The summed E-state index contributed by atoms with van der Waals surface area (Å²) in [7, 11) is 2.12. The molecule has 1 rings (SSSR count). The van der Waals surface area contributed by atoms with Gasteiger partial charge in [0.25, 0.3) is 0 Å². The van der Waals surface area contributed by atoms with Crippen LogP contribution in [0.1, 0.15) is 60.7 Å². The van der Waals surface area contributed by atoms with Crippen LogP contribution < -0.4 is 10.2 Å². The molecule has 0 aliphatic carbocycles. The molecule has 4 nitrogen and oxygen atoms in total. The molecule has 120 valence electrons. The van der Waals surface area contributed by atoms with Crippen molar-refractivity contribution in [3.63, 3.8) is 0 Å². The van der Waals surface area contributed by atoms with Gasteiger partial charge in [-0.1, -0.05) is 34.6 Å². The normalized spacial score (nSPS) is 13.4. The lowest BCUT2D eigenvalue weighted by molar-refractivity contribution is 0.498. The topological polar surface area (TPSA) is 41.0 Å². The fourth-order valence-corrected chi connectivity index (χ4v) is 2.29. The van der Waals surface area contributed by atoms with Crippen LogP contribution in [0.2, 0.25) is 0 Å². The van der Waals surface area contributed by atoms with Gasteiger partial charge in [0.2, 0.25) is 0 Å². The largest absolute Gasteiger partial charge is 0.370 e. The van der Waals surface area contributed by atoms with E-state index in [1.165, 1.54) is 0 Å². The van der Waals surface area contributed by atoms with Crippen LogP contribution in [-0.2, 0) is 5.41 Å². The van der Waals surface area contributed by atoms with Crippen LogP contribution in [-0.4, -0.2) is 29.6 Å². The summed E-state index contributed by atoms with van der Waals surface area (Å²) in [6.07, 6.45) is 1.15. The van der Waals surface area contributed by atoms with E-state index in [0.29, 0.717) is 12.0 Å². The molecular weight excluding hydrogens is 260 g/mol. The fraction of sp³-hybridized carbons (Fsp3) is 0.765. The summed E-state index contributed by atoms with van der Waals surface area (Å²) < 4.78 is 0. The molecule has 0 aliphatic rings. The minimum atomic E-state index is -0.0533. The average Bonchev–Trinajstić information content (AvgIpc) is 2.36. The third kappa shape index (κ3) is 5.18. The molecule has 21 heavy (non-hydrogen) atoms. The minimum Gasteiger partial charge on any atom is -0.370 e. The second-order valence-corrected chi connectivity index (χ2v) is 7.30. The lowest BCUT2D eigenvalue weighted by atomic mass is 9.95. The van der Waals surface area contributed by atoms with E-state index in [4.69, 9.17) is 4.98 Å². The summed E-state index contributed by atoms with van der Waals surface area (Å²) >= 11 is 0. The van der Waals surface area contributed by atoms with Gasteiger partial charge in [-0.3, -0.25) is 0 Å². The van der Waals surface area contributed by atoms with Gasteiger partial charge in [-0.05, 0) is 26.2 Å². The van der Waals surface area contributed by atoms with Crippen LogP contribution in [0.25, 0.3) is 0 Å². The monoisotopic (exact) mass is 292 g/mol. The average molecular weight is 292 g/mol. The zero-order valence-corrected chi connectivity index (χ0v) is 15.0. The summed E-state index contributed by atoms with van der Waals surface area (Å²) in [5, 5.41) is 3.32. The molecule has 0 saturated heterocycles. The Balaban J connectivity index is 3.12. The van der Waals surface area contributed by atoms with Crippen molar-refractivity contribution in [3.05, 3.63) is 11.9 Å². The molecule has 0 spiro atoms. The summed E-state index contributed by atoms with van der Waals surface area (Å²) in [5.74, 6) is 3.48. The molecule has 1 heterocycles. The Bertz CT molecular complexity index is 449. The van der Waals surface area contributed by atoms with Gasteiger partial charge >= 0.3 is 0 Å². The molecular formula is C17H32N4. The molecule has 1 aromatic rings. The number of hydrogen-bond donors (Lipinski definition) is 1. The van der Waals surface area contributed by atoms with Crippen molar-refractivity contribution in [2.24, 2.45) is 5.92 Å². The molecule has 0 fully saturated rings. The maximum atomic E-state index is 4.79. The van der Waals surface area contributed by atoms with E-state index in [0.717, 1.165) is 30.4 Å². The van der Waals surface area contributed by atoms with E-state index in [1.54, 1.807) is 0 Å². The SMILES string of the molecule is CCNc1cc(N(C)C(C)CC(C)C)nc(C(C)(C)C)n1. The van der Waals surface area contributed by atoms with Crippen molar-refractivity contribution >= 4 is 11.6 Å². The van der Waals surface area contributed by atoms with Crippen LogP contribution in [0.5, 0.6) is 0 Å². The van der Waals surface area contributed by atoms with E-state index in [2.05, 4.69) is 76.8 Å². The van der Waals surface area contributed by atoms with E-state index in [-0.39, 0.29) is 5.41 Å². The van der Waals surface area contributed by atoms with Gasteiger partial charge in [0.1, 0.15) is 17.5 Å². The summed E-state index contributed by atoms with van der Waals surface area (Å²) in [6, 6.07) is 2.51. The molecule has 1 N–H and O–H groups in total. The Morgan fingerprint density at radius 1 is 1.19 bits per heavy atom. The Hall–Kier alpha value is -1.32. The van der Waals surface area contributed by atoms with Gasteiger partial charge in [-0.25, -0.2) is 9.97 Å². The van der Waals surface area contributed by atoms with Gasteiger partial charge in [0.15, 0.2) is 0 Å². The van der Waals surface area contributed by atoms with Gasteiger partial charge in [-0.15, -0.1) is 0 Å². The Morgan fingerprint density at radius 3 is 2.29 bits per heavy atom. The van der Waals surface area contributed by atoms with Crippen LogP contribution in [0, 0.1) is 5.92 Å². The highest BCUT2D eigenvalue weighted by atomic mass is 15.2. The number of anilines is 2. The highest BCUT2D eigenvalue weighted by molar-refractivity contribution is 5.50. The first-order valence-electron chi connectivity index (χ1n) is 8.01. The standard InChI is InChI=1S/C17H32N4/c1-9-18-14-11-15(20-16(19-14)17(5,6)7)21(8)13(4)10-12(2)3/h11-13H,9-10H2,1-8H3,(H,18,19,20). The number of nitrogens with zero attached hydrogens (tertiary/aromatic N) is 3. The minimum absolute atomic E-state index is 0.0533. The first-order chi connectivity index (χ1) is 9.65. The lowest BCUT2D eigenvalue weighted by Gasteiger charge is -2.29. The molecule has 1 atom stereocenters. The second kappa shape index (κ2) is 7.10. The number of hydrogen-bond acceptors (Lipinski definition) is 4. The van der Waals surface area contributed by atoms with Crippen molar-refractivity contribution in [1.82, 2.24) is 9.97 Å². The highest BCUT2D eigenvalue weighted by Crippen LogP contribution is 2.25. The van der Waals surface area contributed by atoms with Gasteiger partial charge < -0.3 is 10.2 Å². The van der Waals surface area contributed by atoms with Crippen molar-refractivity contribution in [2.75, 3.05) is 23.8 Å². The summed E-state index contributed by atoms with van der Waals surface area (Å²) in [4.78, 5) is 11.7. The summed E-state index contributed by atoms with van der Waals surface area (Å²) in [5.41, 5.74) is -0.0533. The maximum absolute atomic E-state index is 4.79. The zero-order chi connectivity index (χ0) is 16.2. The van der Waals surface area contributed by atoms with Crippen molar-refractivity contribution in [2.45, 2.75) is 66.3 Å². The van der Waals surface area contributed by atoms with Crippen molar-refractivity contribution in [1.29, 1.82) is 0 Å². The number of nitrogens with one attached hydrogen (secondary N) is 1. The van der Waals surface area contributed by atoms with Crippen LogP contribution in [0.4, 0.5) is 11.6 Å². The third-order valence-corrected chi connectivity index (χ3v) is 3.58. The number of rotatable bonds is 6. The molecule has 0 bridgehead atoms. The molecule has 1 unspecified atom stereocenters. The second-order valence-electron chi connectivity index (χ2n) is 7.30. The zero-order valence-electron chi connectivity index (χ0n) is 15.0. The van der Waals surface area contributed by atoms with E-state index < -0.39 is 0 Å². The van der Waals surface area contributed by atoms with E-state index in [9.17, 15) is 0 Å². The third-order valence-electron chi connectivity index (χ3n) is 3.58. The molecule has 0 aliphatic heterocycles. The smallest absolute Gasteiger partial charge is 0.138 e.